The second-order valence-electron chi connectivity index (χ2n) is 11.5. The van der Waals surface area contributed by atoms with Crippen molar-refractivity contribution in [1.82, 2.24) is 29.1 Å². The van der Waals surface area contributed by atoms with E-state index in [9.17, 15) is 0 Å². The molecule has 5 aromatic rings. The Balaban J connectivity index is 1.80. The zero-order chi connectivity index (χ0) is 28.8. The molecule has 0 fully saturated rings. The smallest absolute Gasteiger partial charge is 0.199 e. The predicted octanol–water partition coefficient (Wildman–Crippen LogP) is 6.70. The molecule has 0 unspecified atom stereocenters. The van der Waals surface area contributed by atoms with Crippen molar-refractivity contribution < 1.29 is 4.63 Å². The molecule has 10 heteroatoms. The molecule has 0 saturated carbocycles. The fraction of sp³-hybridized carbons (Fsp3) is 0.400. The summed E-state index contributed by atoms with van der Waals surface area (Å²) < 4.78 is 9.56. The highest BCUT2D eigenvalue weighted by Gasteiger charge is 2.45. The minimum absolute atomic E-state index is 0.211. The Morgan fingerprint density at radius 1 is 0.900 bits per heavy atom. The predicted molar refractivity (Wildman–Crippen MR) is 164 cm³/mol. The van der Waals surface area contributed by atoms with Crippen molar-refractivity contribution in [2.45, 2.75) is 78.2 Å². The van der Waals surface area contributed by atoms with Crippen LogP contribution in [0.1, 0.15) is 54.0 Å². The molecule has 0 amide bonds. The minimum Gasteiger partial charge on any atom is -0.379 e. The van der Waals surface area contributed by atoms with E-state index in [0.717, 1.165) is 39.1 Å². The van der Waals surface area contributed by atoms with Gasteiger partial charge in [0.05, 0.1) is 11.2 Å². The molecule has 4 heterocycles. The standard InChI is InChI=1S/C30H40N8OSi/c1-8-38-25-15-24(22-11-9-10-21(14-22)16-31)33-26(27(25)34-30(38)28-29(32)36-39-35-28)23-12-13-37(17-23)40(18(2)3,19(4)5)20(6)7/h9-15,17-20H,8,16,31H2,1-7H3,(H2,32,36). The molecule has 5 rings (SSSR count). The van der Waals surface area contributed by atoms with Crippen molar-refractivity contribution in [1.29, 1.82) is 0 Å². The molecule has 210 valence electrons. The highest BCUT2D eigenvalue weighted by Crippen LogP contribution is 2.44. The Kier molecular flexibility index (Phi) is 7.41. The van der Waals surface area contributed by atoms with E-state index >= 15 is 0 Å². The van der Waals surface area contributed by atoms with Crippen molar-refractivity contribution in [3.8, 4) is 34.0 Å². The number of rotatable bonds is 9. The number of anilines is 1. The van der Waals surface area contributed by atoms with E-state index in [1.54, 1.807) is 0 Å². The van der Waals surface area contributed by atoms with Crippen LogP contribution in [0, 0.1) is 0 Å². The molecule has 0 saturated heterocycles. The Labute approximate surface area is 236 Å². The van der Waals surface area contributed by atoms with Crippen molar-refractivity contribution in [3.05, 3.63) is 54.4 Å². The first-order valence-electron chi connectivity index (χ1n) is 14.1. The maximum Gasteiger partial charge on any atom is 0.199 e. The zero-order valence-electron chi connectivity index (χ0n) is 24.5. The summed E-state index contributed by atoms with van der Waals surface area (Å²) in [5.74, 6) is 0.824. The number of aryl methyl sites for hydroxylation is 1. The second-order valence-corrected chi connectivity index (χ2v) is 17.2. The molecule has 40 heavy (non-hydrogen) atoms. The van der Waals surface area contributed by atoms with Gasteiger partial charge in [-0.1, -0.05) is 59.7 Å². The van der Waals surface area contributed by atoms with Gasteiger partial charge in [-0.3, -0.25) is 0 Å². The van der Waals surface area contributed by atoms with Crippen molar-refractivity contribution in [2.75, 3.05) is 5.73 Å². The van der Waals surface area contributed by atoms with Gasteiger partial charge < -0.3 is 20.3 Å². The van der Waals surface area contributed by atoms with Gasteiger partial charge in [-0.2, -0.15) is 0 Å². The Morgan fingerprint density at radius 3 is 2.23 bits per heavy atom. The third-order valence-electron chi connectivity index (χ3n) is 8.43. The van der Waals surface area contributed by atoms with Gasteiger partial charge in [0.1, 0.15) is 11.2 Å². The maximum absolute atomic E-state index is 6.11. The van der Waals surface area contributed by atoms with Crippen LogP contribution in [0.5, 0.6) is 0 Å². The SMILES string of the molecule is CCn1c(-c2nonc2N)nc2c(-c3ccn([Si](C(C)C)(C(C)C)C(C)C)c3)nc(-c3cccc(CN)c3)cc21. The lowest BCUT2D eigenvalue weighted by Gasteiger charge is -2.44. The molecule has 1 aromatic carbocycles. The minimum atomic E-state index is -1.93. The van der Waals surface area contributed by atoms with Gasteiger partial charge in [0.2, 0.25) is 0 Å². The third-order valence-corrected chi connectivity index (χ3v) is 15.1. The molecule has 0 aliphatic rings. The van der Waals surface area contributed by atoms with Crippen LogP contribution in [0.25, 0.3) is 45.1 Å². The van der Waals surface area contributed by atoms with E-state index in [1.807, 2.05) is 12.1 Å². The van der Waals surface area contributed by atoms with Crippen LogP contribution in [0.4, 0.5) is 5.82 Å². The number of nitrogens with two attached hydrogens (primary N) is 2. The molecule has 0 atom stereocenters. The highest BCUT2D eigenvalue weighted by molar-refractivity contribution is 6.82. The summed E-state index contributed by atoms with van der Waals surface area (Å²) in [6.07, 6.45) is 4.55. The number of hydrogen-bond donors (Lipinski definition) is 2. The van der Waals surface area contributed by atoms with E-state index in [-0.39, 0.29) is 5.82 Å². The molecule has 0 bridgehead atoms. The normalized spacial score (nSPS) is 12.5. The van der Waals surface area contributed by atoms with E-state index < -0.39 is 8.24 Å². The molecule has 0 aliphatic heterocycles. The van der Waals surface area contributed by atoms with Gasteiger partial charge in [-0.05, 0) is 63.8 Å². The van der Waals surface area contributed by atoms with Gasteiger partial charge in [-0.15, -0.1) is 0 Å². The van der Waals surface area contributed by atoms with Crippen molar-refractivity contribution >= 4 is 25.1 Å². The summed E-state index contributed by atoms with van der Waals surface area (Å²) in [6.45, 7) is 17.4. The highest BCUT2D eigenvalue weighted by atomic mass is 28.3. The van der Waals surface area contributed by atoms with Gasteiger partial charge in [0, 0.05) is 30.4 Å². The van der Waals surface area contributed by atoms with E-state index in [2.05, 4.69) is 104 Å². The van der Waals surface area contributed by atoms with Crippen molar-refractivity contribution in [2.24, 2.45) is 5.73 Å². The van der Waals surface area contributed by atoms with Gasteiger partial charge in [0.25, 0.3) is 0 Å². The van der Waals surface area contributed by atoms with E-state index in [4.69, 9.17) is 26.1 Å². The summed E-state index contributed by atoms with van der Waals surface area (Å²) in [5, 5.41) is 7.86. The summed E-state index contributed by atoms with van der Waals surface area (Å²) in [4.78, 5) is 10.3. The molecule has 4 N–H and O–H groups in total. The van der Waals surface area contributed by atoms with Crippen LogP contribution >= 0.6 is 0 Å². The van der Waals surface area contributed by atoms with Gasteiger partial charge >= 0.3 is 0 Å². The number of pyridine rings is 1. The number of fused-ring (bicyclic) bond motifs is 1. The monoisotopic (exact) mass is 556 g/mol. The Bertz CT molecular complexity index is 1620. The number of hydrogen-bond acceptors (Lipinski definition) is 7. The average Bonchev–Trinajstić information content (AvgIpc) is 3.66. The topological polar surface area (TPSA) is 127 Å². The van der Waals surface area contributed by atoms with E-state index in [0.29, 0.717) is 41.2 Å². The third kappa shape index (κ3) is 4.35. The first-order chi connectivity index (χ1) is 19.1. The van der Waals surface area contributed by atoms with Crippen LogP contribution in [-0.4, -0.2) is 37.3 Å². The largest absolute Gasteiger partial charge is 0.379 e. The number of aromatic nitrogens is 6. The van der Waals surface area contributed by atoms with Crippen LogP contribution in [0.2, 0.25) is 16.6 Å². The molecular weight excluding hydrogens is 516 g/mol. The lowest BCUT2D eigenvalue weighted by Crippen LogP contribution is -2.51. The number of nitrogens with zero attached hydrogens (tertiary/aromatic N) is 6. The summed E-state index contributed by atoms with van der Waals surface area (Å²) in [7, 11) is -1.93. The fourth-order valence-electron chi connectivity index (χ4n) is 6.85. The fourth-order valence-corrected chi connectivity index (χ4v) is 13.3. The van der Waals surface area contributed by atoms with Crippen LogP contribution < -0.4 is 11.5 Å². The van der Waals surface area contributed by atoms with Gasteiger partial charge in [0.15, 0.2) is 25.6 Å². The molecule has 4 aromatic heterocycles. The van der Waals surface area contributed by atoms with Crippen LogP contribution in [0.15, 0.2) is 53.4 Å². The molecule has 9 nitrogen and oxygen atoms in total. The van der Waals surface area contributed by atoms with Crippen molar-refractivity contribution in [3.63, 3.8) is 0 Å². The maximum atomic E-state index is 6.11. The summed E-state index contributed by atoms with van der Waals surface area (Å²) in [5.41, 5.74) is 20.8. The lowest BCUT2D eigenvalue weighted by atomic mass is 10.1. The molecular formula is C30H40N8OSi. The van der Waals surface area contributed by atoms with Crippen LogP contribution in [-0.2, 0) is 13.1 Å². The number of nitrogen functional groups attached to an aromatic ring is 1. The first-order valence-corrected chi connectivity index (χ1v) is 16.3. The first kappa shape index (κ1) is 27.8. The second kappa shape index (κ2) is 10.7. The number of benzene rings is 1. The molecule has 0 spiro atoms. The number of imidazole rings is 1. The summed E-state index contributed by atoms with van der Waals surface area (Å²) >= 11 is 0. The summed E-state index contributed by atoms with van der Waals surface area (Å²) in [6, 6.07) is 12.5. The lowest BCUT2D eigenvalue weighted by molar-refractivity contribution is 0.310. The Morgan fingerprint density at radius 2 is 1.62 bits per heavy atom. The zero-order valence-corrected chi connectivity index (χ0v) is 25.5. The quantitative estimate of drug-likeness (QED) is 0.193. The van der Waals surface area contributed by atoms with Gasteiger partial charge in [-0.25, -0.2) is 14.6 Å². The van der Waals surface area contributed by atoms with E-state index in [1.165, 1.54) is 0 Å². The molecule has 0 radical (unpaired) electrons. The average molecular weight is 557 g/mol. The Hall–Kier alpha value is -3.76. The molecule has 0 aliphatic carbocycles. The van der Waals surface area contributed by atoms with Crippen LogP contribution in [0.3, 0.4) is 0 Å².